The van der Waals surface area contributed by atoms with E-state index in [0.29, 0.717) is 19.0 Å². The third-order valence-electron chi connectivity index (χ3n) is 4.09. The third-order valence-corrected chi connectivity index (χ3v) is 4.09. The van der Waals surface area contributed by atoms with Gasteiger partial charge in [0.25, 0.3) is 0 Å². The van der Waals surface area contributed by atoms with Crippen LogP contribution in [0.15, 0.2) is 72.1 Å². The highest BCUT2D eigenvalue weighted by Gasteiger charge is 2.03. The zero-order chi connectivity index (χ0) is 18.0. The third kappa shape index (κ3) is 7.01. The van der Waals surface area contributed by atoms with Crippen LogP contribution < -0.4 is 11.1 Å². The quantitative estimate of drug-likeness (QED) is 0.298. The van der Waals surface area contributed by atoms with Gasteiger partial charge in [-0.15, -0.1) is 24.0 Å². The van der Waals surface area contributed by atoms with E-state index in [1.165, 1.54) is 5.56 Å². The van der Waals surface area contributed by atoms with E-state index in [0.717, 1.165) is 30.9 Å². The summed E-state index contributed by atoms with van der Waals surface area (Å²) in [5.74, 6) is 1.34. The highest BCUT2D eigenvalue weighted by atomic mass is 127. The van der Waals surface area contributed by atoms with E-state index < -0.39 is 0 Å². The van der Waals surface area contributed by atoms with Gasteiger partial charge in [-0.1, -0.05) is 36.4 Å². The number of hydrogen-bond acceptors (Lipinski definition) is 3. The molecule has 2 aromatic heterocycles. The second-order valence-corrected chi connectivity index (χ2v) is 5.97. The lowest BCUT2D eigenvalue weighted by molar-refractivity contribution is 0.651. The molecule has 27 heavy (non-hydrogen) atoms. The van der Waals surface area contributed by atoms with Crippen LogP contribution in [0, 0.1) is 0 Å². The van der Waals surface area contributed by atoms with Crippen LogP contribution in [-0.2, 0) is 25.9 Å². The van der Waals surface area contributed by atoms with Crippen LogP contribution in [0.25, 0.3) is 0 Å². The predicted octanol–water partition coefficient (Wildman–Crippen LogP) is 2.79. The van der Waals surface area contributed by atoms with Crippen molar-refractivity contribution in [2.24, 2.45) is 10.7 Å². The van der Waals surface area contributed by atoms with Crippen molar-refractivity contribution in [1.82, 2.24) is 19.9 Å². The second-order valence-electron chi connectivity index (χ2n) is 5.97. The number of imidazole rings is 1. The summed E-state index contributed by atoms with van der Waals surface area (Å²) < 4.78 is 2.12. The van der Waals surface area contributed by atoms with E-state index in [9.17, 15) is 0 Å². The van der Waals surface area contributed by atoms with Crippen molar-refractivity contribution >= 4 is 29.9 Å². The molecule has 0 amide bonds. The maximum Gasteiger partial charge on any atom is 0.189 e. The SMILES string of the molecule is I.NC(=NCc1nccn1CCc1ccccc1)NCCc1ccccn1. The molecule has 0 unspecified atom stereocenters. The number of halogens is 1. The molecule has 0 aliphatic rings. The lowest BCUT2D eigenvalue weighted by Crippen LogP contribution is -2.33. The van der Waals surface area contributed by atoms with Crippen molar-refractivity contribution in [2.45, 2.75) is 25.9 Å². The molecule has 0 atom stereocenters. The molecule has 3 N–H and O–H groups in total. The molecule has 0 aliphatic heterocycles. The fraction of sp³-hybridized carbons (Fsp3) is 0.250. The molecule has 142 valence electrons. The maximum atomic E-state index is 5.95. The number of rotatable bonds is 8. The highest BCUT2D eigenvalue weighted by Crippen LogP contribution is 2.05. The lowest BCUT2D eigenvalue weighted by atomic mass is 10.1. The average Bonchev–Trinajstić information content (AvgIpc) is 3.14. The zero-order valence-electron chi connectivity index (χ0n) is 15.2. The lowest BCUT2D eigenvalue weighted by Gasteiger charge is -2.08. The number of nitrogens with zero attached hydrogens (tertiary/aromatic N) is 4. The first-order valence-electron chi connectivity index (χ1n) is 8.79. The first kappa shape index (κ1) is 20.9. The molecule has 0 saturated carbocycles. The van der Waals surface area contributed by atoms with Crippen LogP contribution in [0.4, 0.5) is 0 Å². The molecule has 0 bridgehead atoms. The topological polar surface area (TPSA) is 81.1 Å². The number of nitrogens with one attached hydrogen (secondary N) is 1. The fourth-order valence-electron chi connectivity index (χ4n) is 2.67. The number of guanidine groups is 1. The van der Waals surface area contributed by atoms with Gasteiger partial charge < -0.3 is 15.6 Å². The first-order valence-corrected chi connectivity index (χ1v) is 8.79. The van der Waals surface area contributed by atoms with E-state index >= 15 is 0 Å². The molecule has 1 aromatic carbocycles. The number of aromatic nitrogens is 3. The van der Waals surface area contributed by atoms with Crippen molar-refractivity contribution < 1.29 is 0 Å². The molecule has 3 aromatic rings. The average molecular weight is 476 g/mol. The maximum absolute atomic E-state index is 5.95. The van der Waals surface area contributed by atoms with E-state index in [4.69, 9.17) is 5.73 Å². The van der Waals surface area contributed by atoms with Crippen molar-refractivity contribution in [1.29, 1.82) is 0 Å². The summed E-state index contributed by atoms with van der Waals surface area (Å²) in [6.07, 6.45) is 7.36. The van der Waals surface area contributed by atoms with Crippen LogP contribution in [-0.4, -0.2) is 27.0 Å². The van der Waals surface area contributed by atoms with Gasteiger partial charge in [0.1, 0.15) is 12.4 Å². The van der Waals surface area contributed by atoms with Crippen LogP contribution in [0.3, 0.4) is 0 Å². The Labute approximate surface area is 177 Å². The van der Waals surface area contributed by atoms with E-state index in [1.807, 2.05) is 30.5 Å². The van der Waals surface area contributed by atoms with Gasteiger partial charge >= 0.3 is 0 Å². The highest BCUT2D eigenvalue weighted by molar-refractivity contribution is 14.0. The van der Waals surface area contributed by atoms with Gasteiger partial charge in [0.05, 0.1) is 0 Å². The Morgan fingerprint density at radius 3 is 2.59 bits per heavy atom. The van der Waals surface area contributed by atoms with Crippen LogP contribution >= 0.6 is 24.0 Å². The molecular formula is C20H25IN6. The summed E-state index contributed by atoms with van der Waals surface area (Å²) >= 11 is 0. The number of nitrogens with two attached hydrogens (primary N) is 1. The Balaban J connectivity index is 0.00000261. The first-order chi connectivity index (χ1) is 12.8. The number of aliphatic imine (C=N–C) groups is 1. The van der Waals surface area contributed by atoms with E-state index in [2.05, 4.69) is 49.1 Å². The Hall–Kier alpha value is -2.42. The molecule has 0 radical (unpaired) electrons. The molecule has 2 heterocycles. The summed E-state index contributed by atoms with van der Waals surface area (Å²) in [5.41, 5.74) is 8.29. The van der Waals surface area contributed by atoms with Crippen molar-refractivity contribution in [3.63, 3.8) is 0 Å². The Kier molecular flexibility index (Phi) is 8.76. The van der Waals surface area contributed by atoms with Crippen molar-refractivity contribution in [3.8, 4) is 0 Å². The van der Waals surface area contributed by atoms with Gasteiger partial charge in [0.2, 0.25) is 0 Å². The second kappa shape index (κ2) is 11.3. The summed E-state index contributed by atoms with van der Waals surface area (Å²) in [5, 5.41) is 3.12. The van der Waals surface area contributed by atoms with E-state index in [-0.39, 0.29) is 24.0 Å². The number of aryl methyl sites for hydroxylation is 2. The minimum Gasteiger partial charge on any atom is -0.370 e. The van der Waals surface area contributed by atoms with Gasteiger partial charge in [0.15, 0.2) is 5.96 Å². The number of hydrogen-bond donors (Lipinski definition) is 2. The van der Waals surface area contributed by atoms with Crippen LogP contribution in [0.2, 0.25) is 0 Å². The Morgan fingerprint density at radius 2 is 1.81 bits per heavy atom. The van der Waals surface area contributed by atoms with Crippen molar-refractivity contribution in [2.75, 3.05) is 6.54 Å². The Bertz CT molecular complexity index is 817. The predicted molar refractivity (Wildman–Crippen MR) is 119 cm³/mol. The standard InChI is InChI=1S/C20H24N6.HI/c21-20(24-12-9-18-8-4-5-11-22-18)25-16-19-23-13-15-26(19)14-10-17-6-2-1-3-7-17;/h1-8,11,13,15H,9-10,12,14,16H2,(H3,21,24,25);1H. The van der Waals surface area contributed by atoms with Gasteiger partial charge in [0, 0.05) is 43.8 Å². The molecular weight excluding hydrogens is 451 g/mol. The number of benzene rings is 1. The summed E-state index contributed by atoms with van der Waals surface area (Å²) in [7, 11) is 0. The summed E-state index contributed by atoms with van der Waals surface area (Å²) in [6, 6.07) is 16.3. The molecule has 0 fully saturated rings. The smallest absolute Gasteiger partial charge is 0.189 e. The normalized spacial score (nSPS) is 11.0. The minimum absolute atomic E-state index is 0. The van der Waals surface area contributed by atoms with E-state index in [1.54, 1.807) is 12.4 Å². The summed E-state index contributed by atoms with van der Waals surface area (Å²) in [6.45, 7) is 2.04. The largest absolute Gasteiger partial charge is 0.370 e. The summed E-state index contributed by atoms with van der Waals surface area (Å²) in [4.78, 5) is 13.1. The number of pyridine rings is 1. The molecule has 0 saturated heterocycles. The van der Waals surface area contributed by atoms with Crippen molar-refractivity contribution in [3.05, 3.63) is 84.2 Å². The molecule has 0 spiro atoms. The molecule has 7 heteroatoms. The van der Waals surface area contributed by atoms with Gasteiger partial charge in [-0.3, -0.25) is 4.98 Å². The molecule has 0 aliphatic carbocycles. The van der Waals surface area contributed by atoms with Gasteiger partial charge in [-0.25, -0.2) is 9.98 Å². The van der Waals surface area contributed by atoms with Gasteiger partial charge in [-0.05, 0) is 24.1 Å². The fourth-order valence-corrected chi connectivity index (χ4v) is 2.67. The van der Waals surface area contributed by atoms with Crippen LogP contribution in [0.5, 0.6) is 0 Å². The zero-order valence-corrected chi connectivity index (χ0v) is 17.5. The Morgan fingerprint density at radius 1 is 1.00 bits per heavy atom. The van der Waals surface area contributed by atoms with Crippen LogP contribution in [0.1, 0.15) is 17.1 Å². The minimum atomic E-state index is 0. The molecule has 3 rings (SSSR count). The van der Waals surface area contributed by atoms with Gasteiger partial charge in [-0.2, -0.15) is 0 Å². The molecule has 6 nitrogen and oxygen atoms in total. The monoisotopic (exact) mass is 476 g/mol.